The first-order chi connectivity index (χ1) is 11.7. The lowest BCUT2D eigenvalue weighted by Gasteiger charge is -2.24. The zero-order valence-corrected chi connectivity index (χ0v) is 17.1. The number of aryl methyl sites for hydroxylation is 1. The predicted octanol–water partition coefficient (Wildman–Crippen LogP) is 6.42. The van der Waals surface area contributed by atoms with Crippen molar-refractivity contribution in [3.8, 4) is 11.5 Å². The fraction of sp³-hybridized carbons (Fsp3) is 0.714. The third kappa shape index (κ3) is 8.10. The lowest BCUT2D eigenvalue weighted by molar-refractivity contribution is -0.284. The van der Waals surface area contributed by atoms with Gasteiger partial charge < -0.3 is 9.78 Å². The van der Waals surface area contributed by atoms with Gasteiger partial charge in [0, 0.05) is 5.56 Å². The summed E-state index contributed by atoms with van der Waals surface area (Å²) in [5.74, 6) is 1.43. The van der Waals surface area contributed by atoms with Crippen LogP contribution in [0.5, 0.6) is 11.5 Å². The fourth-order valence-corrected chi connectivity index (χ4v) is 2.76. The molecule has 0 saturated carbocycles. The van der Waals surface area contributed by atoms with Crippen LogP contribution in [0.4, 0.5) is 0 Å². The van der Waals surface area contributed by atoms with Crippen molar-refractivity contribution in [1.29, 1.82) is 0 Å². The van der Waals surface area contributed by atoms with Crippen LogP contribution in [0.2, 0.25) is 0 Å². The van der Waals surface area contributed by atoms with Gasteiger partial charge in [-0.1, -0.05) is 40.0 Å². The standard InChI is InChI=1S/C21H36O4/c1-8-11-17-16-18(22-24-20(4,5)14-9-2)12-13-19(17)23-25-21(6,7)15-10-3/h12-13,16H,8-11,14-15H2,1-7H3. The number of benzene rings is 1. The second kappa shape index (κ2) is 10.0. The molecule has 0 aromatic heterocycles. The van der Waals surface area contributed by atoms with Gasteiger partial charge in [-0.3, -0.25) is 0 Å². The van der Waals surface area contributed by atoms with E-state index in [0.717, 1.165) is 49.8 Å². The third-order valence-electron chi connectivity index (χ3n) is 3.98. The highest BCUT2D eigenvalue weighted by molar-refractivity contribution is 5.40. The molecule has 0 spiro atoms. The minimum Gasteiger partial charge on any atom is -0.337 e. The van der Waals surface area contributed by atoms with E-state index in [2.05, 4.69) is 20.8 Å². The minimum atomic E-state index is -0.305. The first-order valence-electron chi connectivity index (χ1n) is 9.57. The zero-order valence-electron chi connectivity index (χ0n) is 17.1. The van der Waals surface area contributed by atoms with Crippen molar-refractivity contribution < 1.29 is 19.6 Å². The van der Waals surface area contributed by atoms with Gasteiger partial charge in [-0.25, -0.2) is 0 Å². The van der Waals surface area contributed by atoms with E-state index in [0.29, 0.717) is 5.75 Å². The molecule has 0 aliphatic heterocycles. The normalized spacial score (nSPS) is 12.3. The van der Waals surface area contributed by atoms with Crippen molar-refractivity contribution >= 4 is 0 Å². The molecule has 4 nitrogen and oxygen atoms in total. The molecule has 25 heavy (non-hydrogen) atoms. The number of hydrogen-bond acceptors (Lipinski definition) is 4. The molecule has 0 bridgehead atoms. The Labute approximate surface area is 153 Å². The Bertz CT molecular complexity index is 509. The summed E-state index contributed by atoms with van der Waals surface area (Å²) in [5.41, 5.74) is 0.451. The molecule has 4 heteroatoms. The molecule has 0 fully saturated rings. The molecule has 1 aromatic rings. The maximum absolute atomic E-state index is 5.66. The van der Waals surface area contributed by atoms with E-state index in [1.807, 2.05) is 45.9 Å². The minimum absolute atomic E-state index is 0.303. The number of hydrogen-bond donors (Lipinski definition) is 0. The lowest BCUT2D eigenvalue weighted by atomic mass is 10.0. The molecule has 0 atom stereocenters. The summed E-state index contributed by atoms with van der Waals surface area (Å²) in [5, 5.41) is 0. The molecule has 0 aliphatic carbocycles. The van der Waals surface area contributed by atoms with Crippen LogP contribution in [-0.2, 0) is 16.2 Å². The highest BCUT2D eigenvalue weighted by atomic mass is 17.2. The highest BCUT2D eigenvalue weighted by Gasteiger charge is 2.22. The molecule has 144 valence electrons. The Kier molecular flexibility index (Phi) is 8.74. The molecule has 0 saturated heterocycles. The summed E-state index contributed by atoms with van der Waals surface area (Å²) in [6, 6.07) is 5.71. The Morgan fingerprint density at radius 3 is 1.84 bits per heavy atom. The SMILES string of the molecule is CCCc1cc(OOC(C)(C)CCC)ccc1OOC(C)(C)CCC. The van der Waals surface area contributed by atoms with Crippen LogP contribution in [0.1, 0.15) is 86.1 Å². The van der Waals surface area contributed by atoms with Crippen LogP contribution in [-0.4, -0.2) is 11.2 Å². The summed E-state index contributed by atoms with van der Waals surface area (Å²) in [6.07, 6.45) is 5.89. The fourth-order valence-electron chi connectivity index (χ4n) is 2.76. The summed E-state index contributed by atoms with van der Waals surface area (Å²) in [6.45, 7) is 14.6. The second-order valence-electron chi connectivity index (χ2n) is 7.87. The van der Waals surface area contributed by atoms with Crippen molar-refractivity contribution in [2.24, 2.45) is 0 Å². The van der Waals surface area contributed by atoms with Crippen LogP contribution in [0.25, 0.3) is 0 Å². The van der Waals surface area contributed by atoms with Crippen LogP contribution < -0.4 is 9.78 Å². The van der Waals surface area contributed by atoms with Gasteiger partial charge in [-0.05, 0) is 65.2 Å². The molecule has 1 aromatic carbocycles. The van der Waals surface area contributed by atoms with Gasteiger partial charge in [0.05, 0.1) is 0 Å². The molecule has 0 radical (unpaired) electrons. The van der Waals surface area contributed by atoms with E-state index in [1.165, 1.54) is 0 Å². The Balaban J connectivity index is 2.78. The van der Waals surface area contributed by atoms with Crippen molar-refractivity contribution in [2.45, 2.75) is 98.2 Å². The van der Waals surface area contributed by atoms with Crippen molar-refractivity contribution in [3.63, 3.8) is 0 Å². The predicted molar refractivity (Wildman–Crippen MR) is 102 cm³/mol. The smallest absolute Gasteiger partial charge is 0.168 e. The van der Waals surface area contributed by atoms with Crippen molar-refractivity contribution in [3.05, 3.63) is 23.8 Å². The zero-order chi connectivity index (χ0) is 18.9. The Hall–Kier alpha value is -1.26. The molecule has 0 aliphatic rings. The van der Waals surface area contributed by atoms with E-state index in [-0.39, 0.29) is 11.2 Å². The van der Waals surface area contributed by atoms with Gasteiger partial charge in [-0.2, -0.15) is 9.78 Å². The largest absolute Gasteiger partial charge is 0.337 e. The maximum Gasteiger partial charge on any atom is 0.168 e. The summed E-state index contributed by atoms with van der Waals surface area (Å²) in [4.78, 5) is 22.5. The highest BCUT2D eigenvalue weighted by Crippen LogP contribution is 2.29. The summed E-state index contributed by atoms with van der Waals surface area (Å²) in [7, 11) is 0. The van der Waals surface area contributed by atoms with E-state index in [1.54, 1.807) is 0 Å². The lowest BCUT2D eigenvalue weighted by Crippen LogP contribution is -2.26. The van der Waals surface area contributed by atoms with Gasteiger partial charge in [-0.15, -0.1) is 0 Å². The van der Waals surface area contributed by atoms with Crippen LogP contribution in [0.3, 0.4) is 0 Å². The molecule has 0 unspecified atom stereocenters. The first-order valence-corrected chi connectivity index (χ1v) is 9.57. The first kappa shape index (κ1) is 21.8. The topological polar surface area (TPSA) is 36.9 Å². The summed E-state index contributed by atoms with van der Waals surface area (Å²) >= 11 is 0. The molecular weight excluding hydrogens is 316 g/mol. The van der Waals surface area contributed by atoms with E-state index in [4.69, 9.17) is 19.6 Å². The van der Waals surface area contributed by atoms with Crippen molar-refractivity contribution in [1.82, 2.24) is 0 Å². The molecule has 0 heterocycles. The van der Waals surface area contributed by atoms with Crippen LogP contribution >= 0.6 is 0 Å². The molecular formula is C21H36O4. The van der Waals surface area contributed by atoms with Crippen molar-refractivity contribution in [2.75, 3.05) is 0 Å². The van der Waals surface area contributed by atoms with E-state index in [9.17, 15) is 0 Å². The van der Waals surface area contributed by atoms with E-state index >= 15 is 0 Å². The monoisotopic (exact) mass is 352 g/mol. The van der Waals surface area contributed by atoms with E-state index < -0.39 is 0 Å². The van der Waals surface area contributed by atoms with Gasteiger partial charge >= 0.3 is 0 Å². The van der Waals surface area contributed by atoms with Crippen LogP contribution in [0.15, 0.2) is 18.2 Å². The van der Waals surface area contributed by atoms with Crippen LogP contribution in [0, 0.1) is 0 Å². The number of rotatable bonds is 12. The quantitative estimate of drug-likeness (QED) is 0.321. The third-order valence-corrected chi connectivity index (χ3v) is 3.98. The van der Waals surface area contributed by atoms with Gasteiger partial charge in [0.15, 0.2) is 11.5 Å². The van der Waals surface area contributed by atoms with Gasteiger partial charge in [0.2, 0.25) is 0 Å². The average molecular weight is 353 g/mol. The molecule has 0 N–H and O–H groups in total. The maximum atomic E-state index is 5.66. The van der Waals surface area contributed by atoms with Gasteiger partial charge in [0.25, 0.3) is 0 Å². The second-order valence-corrected chi connectivity index (χ2v) is 7.87. The molecule has 0 amide bonds. The Morgan fingerprint density at radius 2 is 1.32 bits per heavy atom. The average Bonchev–Trinajstić information content (AvgIpc) is 2.52. The summed E-state index contributed by atoms with van der Waals surface area (Å²) < 4.78 is 0. The Morgan fingerprint density at radius 1 is 0.760 bits per heavy atom. The molecule has 1 rings (SSSR count). The van der Waals surface area contributed by atoms with Gasteiger partial charge in [0.1, 0.15) is 11.2 Å².